The lowest BCUT2D eigenvalue weighted by Gasteiger charge is -2.28. The minimum absolute atomic E-state index is 0.101. The van der Waals surface area contributed by atoms with E-state index < -0.39 is 0 Å². The van der Waals surface area contributed by atoms with Crippen LogP contribution in [-0.4, -0.2) is 51.2 Å². The van der Waals surface area contributed by atoms with Gasteiger partial charge in [0.15, 0.2) is 17.3 Å². The zero-order valence-corrected chi connectivity index (χ0v) is 12.4. The number of imidazole rings is 1. The van der Waals surface area contributed by atoms with Crippen LogP contribution in [0, 0.1) is 0 Å². The lowest BCUT2D eigenvalue weighted by Crippen LogP contribution is -2.36. The van der Waals surface area contributed by atoms with E-state index in [-0.39, 0.29) is 11.8 Å². The topological polar surface area (TPSA) is 132 Å². The number of nitrogen functional groups attached to an aromatic ring is 2. The molecule has 1 fully saturated rings. The number of morpholine rings is 1. The Balaban J connectivity index is 1.66. The molecule has 1 aliphatic rings. The third-order valence-electron chi connectivity index (χ3n) is 3.76. The zero-order chi connectivity index (χ0) is 15.8. The van der Waals surface area contributed by atoms with E-state index in [1.54, 1.807) is 0 Å². The number of hydrogen-bond acceptors (Lipinski definition) is 8. The molecule has 1 saturated heterocycles. The van der Waals surface area contributed by atoms with Crippen molar-refractivity contribution in [2.75, 3.05) is 42.7 Å². The van der Waals surface area contributed by atoms with Gasteiger partial charge in [0.05, 0.1) is 25.1 Å². The Labute approximate surface area is 131 Å². The average Bonchev–Trinajstić information content (AvgIpc) is 3.00. The van der Waals surface area contributed by atoms with E-state index in [1.165, 1.54) is 0 Å². The minimum atomic E-state index is 0.101. The van der Waals surface area contributed by atoms with E-state index >= 15 is 0 Å². The van der Waals surface area contributed by atoms with E-state index in [0.717, 1.165) is 32.0 Å². The summed E-state index contributed by atoms with van der Waals surface area (Å²) in [5, 5.41) is 0. The van der Waals surface area contributed by atoms with Gasteiger partial charge in [0.2, 0.25) is 5.95 Å². The van der Waals surface area contributed by atoms with Gasteiger partial charge in [-0.25, -0.2) is 4.98 Å². The summed E-state index contributed by atoms with van der Waals surface area (Å²) in [6.45, 7) is 3.23. The quantitative estimate of drug-likeness (QED) is 0.620. The highest BCUT2D eigenvalue weighted by atomic mass is 16.5. The fraction of sp³-hybridized carbons (Fsp3) is 0.286. The number of ether oxygens (including phenoxy) is 1. The first-order valence-electron chi connectivity index (χ1n) is 7.28. The van der Waals surface area contributed by atoms with E-state index in [9.17, 15) is 0 Å². The van der Waals surface area contributed by atoms with Gasteiger partial charge in [-0.2, -0.15) is 9.97 Å². The first kappa shape index (κ1) is 13.7. The van der Waals surface area contributed by atoms with Crippen molar-refractivity contribution >= 4 is 28.6 Å². The molecule has 5 N–H and O–H groups in total. The van der Waals surface area contributed by atoms with Crippen molar-refractivity contribution in [2.24, 2.45) is 0 Å². The van der Waals surface area contributed by atoms with Crippen LogP contribution in [0.1, 0.15) is 0 Å². The van der Waals surface area contributed by atoms with Gasteiger partial charge in [0.25, 0.3) is 0 Å². The predicted octanol–water partition coefficient (Wildman–Crippen LogP) is 0.416. The monoisotopic (exact) mass is 312 g/mol. The number of H-pyrrole nitrogens is 1. The summed E-state index contributed by atoms with van der Waals surface area (Å²) in [6.07, 6.45) is 1.83. The summed E-state index contributed by atoms with van der Waals surface area (Å²) >= 11 is 0. The second kappa shape index (κ2) is 5.36. The Morgan fingerprint density at radius 1 is 1.09 bits per heavy atom. The Morgan fingerprint density at radius 2 is 1.91 bits per heavy atom. The second-order valence-corrected chi connectivity index (χ2v) is 5.25. The van der Waals surface area contributed by atoms with Gasteiger partial charge in [-0.05, 0) is 12.1 Å². The van der Waals surface area contributed by atoms with Crippen LogP contribution < -0.4 is 16.4 Å². The maximum absolute atomic E-state index is 5.83. The average molecular weight is 312 g/mol. The molecule has 0 unspecified atom stereocenters. The maximum Gasteiger partial charge on any atom is 0.224 e. The smallest absolute Gasteiger partial charge is 0.224 e. The molecule has 23 heavy (non-hydrogen) atoms. The molecule has 9 nitrogen and oxygen atoms in total. The van der Waals surface area contributed by atoms with Gasteiger partial charge in [0, 0.05) is 13.1 Å². The van der Waals surface area contributed by atoms with Crippen molar-refractivity contribution in [3.8, 4) is 11.5 Å². The van der Waals surface area contributed by atoms with E-state index in [4.69, 9.17) is 16.2 Å². The molecular formula is C14H16N8O. The Hall–Kier alpha value is -2.94. The summed E-state index contributed by atoms with van der Waals surface area (Å²) in [4.78, 5) is 22.2. The molecule has 0 aromatic carbocycles. The zero-order valence-electron chi connectivity index (χ0n) is 12.4. The lowest BCUT2D eigenvalue weighted by molar-refractivity contribution is 0.122. The fourth-order valence-electron chi connectivity index (χ4n) is 2.59. The van der Waals surface area contributed by atoms with Crippen molar-refractivity contribution in [3.05, 3.63) is 18.3 Å². The highest BCUT2D eigenvalue weighted by Gasteiger charge is 2.14. The van der Waals surface area contributed by atoms with Crippen molar-refractivity contribution < 1.29 is 4.74 Å². The van der Waals surface area contributed by atoms with E-state index in [0.29, 0.717) is 22.7 Å². The molecule has 0 bridgehead atoms. The predicted molar refractivity (Wildman–Crippen MR) is 86.8 cm³/mol. The van der Waals surface area contributed by atoms with Crippen LogP contribution in [0.5, 0.6) is 0 Å². The van der Waals surface area contributed by atoms with Crippen LogP contribution in [0.3, 0.4) is 0 Å². The molecule has 4 rings (SSSR count). The molecule has 9 heteroatoms. The molecule has 0 amide bonds. The standard InChI is InChI=1S/C14H16N8O/c15-11-10-13(21-14(16)19-11)20-12(18-10)9-2-1-8(7-17-9)22-3-5-23-6-4-22/h1-2,7H,3-6H2,(H5,15,16,18,19,20,21). The summed E-state index contributed by atoms with van der Waals surface area (Å²) in [5.74, 6) is 0.958. The van der Waals surface area contributed by atoms with E-state index in [1.807, 2.05) is 18.3 Å². The number of nitrogens with one attached hydrogen (secondary N) is 1. The normalized spacial score (nSPS) is 15.2. The number of fused-ring (bicyclic) bond motifs is 1. The Bertz CT molecular complexity index is 838. The van der Waals surface area contributed by atoms with Gasteiger partial charge in [-0.15, -0.1) is 0 Å². The highest BCUT2D eigenvalue weighted by Crippen LogP contribution is 2.23. The Kier molecular flexibility index (Phi) is 3.19. The summed E-state index contributed by atoms with van der Waals surface area (Å²) in [5.41, 5.74) is 14.2. The third kappa shape index (κ3) is 2.50. The Morgan fingerprint density at radius 3 is 2.65 bits per heavy atom. The maximum atomic E-state index is 5.83. The van der Waals surface area contributed by atoms with Crippen LogP contribution in [0.15, 0.2) is 18.3 Å². The summed E-state index contributed by atoms with van der Waals surface area (Å²) in [6, 6.07) is 3.93. The molecule has 118 valence electrons. The number of pyridine rings is 1. The highest BCUT2D eigenvalue weighted by molar-refractivity contribution is 5.85. The molecule has 3 aromatic rings. The summed E-state index contributed by atoms with van der Waals surface area (Å²) < 4.78 is 5.36. The number of nitrogens with zero attached hydrogens (tertiary/aromatic N) is 5. The van der Waals surface area contributed by atoms with E-state index in [2.05, 4.69) is 29.8 Å². The van der Waals surface area contributed by atoms with Gasteiger partial charge >= 0.3 is 0 Å². The number of hydrogen-bond donors (Lipinski definition) is 3. The van der Waals surface area contributed by atoms with Crippen LogP contribution in [0.2, 0.25) is 0 Å². The second-order valence-electron chi connectivity index (χ2n) is 5.25. The fourth-order valence-corrected chi connectivity index (χ4v) is 2.59. The van der Waals surface area contributed by atoms with Crippen LogP contribution in [0.25, 0.3) is 22.7 Å². The third-order valence-corrected chi connectivity index (χ3v) is 3.76. The summed E-state index contributed by atoms with van der Waals surface area (Å²) in [7, 11) is 0. The van der Waals surface area contributed by atoms with Gasteiger partial charge in [-0.1, -0.05) is 0 Å². The first-order chi connectivity index (χ1) is 11.2. The number of rotatable bonds is 2. The number of aromatic amines is 1. The van der Waals surface area contributed by atoms with Crippen molar-refractivity contribution in [3.63, 3.8) is 0 Å². The van der Waals surface area contributed by atoms with Crippen molar-refractivity contribution in [1.82, 2.24) is 24.9 Å². The molecule has 0 atom stereocenters. The molecule has 0 radical (unpaired) electrons. The van der Waals surface area contributed by atoms with Gasteiger partial charge < -0.3 is 26.1 Å². The van der Waals surface area contributed by atoms with Crippen molar-refractivity contribution in [1.29, 1.82) is 0 Å². The molecule has 0 spiro atoms. The van der Waals surface area contributed by atoms with Gasteiger partial charge in [0.1, 0.15) is 11.2 Å². The molecule has 1 aliphatic heterocycles. The number of aromatic nitrogens is 5. The molecule has 0 aliphatic carbocycles. The molecule has 4 heterocycles. The molecule has 3 aromatic heterocycles. The number of nitrogens with two attached hydrogens (primary N) is 2. The van der Waals surface area contributed by atoms with Crippen molar-refractivity contribution in [2.45, 2.75) is 0 Å². The van der Waals surface area contributed by atoms with Crippen LogP contribution >= 0.6 is 0 Å². The SMILES string of the molecule is Nc1nc(N)c2[nH]c(-c3ccc(N4CCOCC4)cn3)nc2n1. The first-order valence-corrected chi connectivity index (χ1v) is 7.28. The largest absolute Gasteiger partial charge is 0.382 e. The lowest BCUT2D eigenvalue weighted by atomic mass is 10.3. The molecular weight excluding hydrogens is 296 g/mol. The number of anilines is 3. The van der Waals surface area contributed by atoms with Gasteiger partial charge in [-0.3, -0.25) is 4.98 Å². The van der Waals surface area contributed by atoms with Crippen LogP contribution in [-0.2, 0) is 4.74 Å². The molecule has 0 saturated carbocycles. The minimum Gasteiger partial charge on any atom is -0.382 e. The van der Waals surface area contributed by atoms with Crippen LogP contribution in [0.4, 0.5) is 17.5 Å².